The highest BCUT2D eigenvalue weighted by Gasteiger charge is 2.07. The lowest BCUT2D eigenvalue weighted by atomic mass is 10.1. The molecule has 2 N–H and O–H groups in total. The van der Waals surface area contributed by atoms with Crippen molar-refractivity contribution in [3.05, 3.63) is 41.0 Å². The van der Waals surface area contributed by atoms with Gasteiger partial charge in [0.2, 0.25) is 5.95 Å². The van der Waals surface area contributed by atoms with E-state index in [-0.39, 0.29) is 12.4 Å². The van der Waals surface area contributed by atoms with Gasteiger partial charge in [-0.05, 0) is 18.2 Å². The highest BCUT2D eigenvalue weighted by Crippen LogP contribution is 2.22. The molecule has 19 heavy (non-hydrogen) atoms. The number of nitrogens with two attached hydrogens (primary N) is 1. The Bertz CT molecular complexity index is 541. The molecule has 0 amide bonds. The van der Waals surface area contributed by atoms with E-state index in [2.05, 4.69) is 9.97 Å². The predicted molar refractivity (Wildman–Crippen MR) is 81.9 cm³/mol. The second kappa shape index (κ2) is 6.70. The molecule has 0 spiro atoms. The van der Waals surface area contributed by atoms with Crippen LogP contribution in [0.1, 0.15) is 5.69 Å². The number of nitrogens with zero attached hydrogens (tertiary/aromatic N) is 3. The van der Waals surface area contributed by atoms with E-state index in [0.717, 1.165) is 17.0 Å². The minimum atomic E-state index is 0. The van der Waals surface area contributed by atoms with Gasteiger partial charge in [0.15, 0.2) is 0 Å². The summed E-state index contributed by atoms with van der Waals surface area (Å²) in [7, 11) is 3.81. The fraction of sp³-hybridized carbons (Fsp3) is 0.231. The molecule has 1 heterocycles. The third kappa shape index (κ3) is 3.80. The highest BCUT2D eigenvalue weighted by molar-refractivity contribution is 6.30. The number of hydrogen-bond donors (Lipinski definition) is 1. The van der Waals surface area contributed by atoms with E-state index in [4.69, 9.17) is 17.3 Å². The van der Waals surface area contributed by atoms with Gasteiger partial charge >= 0.3 is 0 Å². The molecule has 0 atom stereocenters. The number of anilines is 1. The van der Waals surface area contributed by atoms with Crippen LogP contribution >= 0.6 is 24.0 Å². The number of rotatable bonds is 3. The molecule has 102 valence electrons. The van der Waals surface area contributed by atoms with Crippen LogP contribution < -0.4 is 10.6 Å². The average Bonchev–Trinajstić information content (AvgIpc) is 2.39. The van der Waals surface area contributed by atoms with E-state index in [1.807, 2.05) is 49.3 Å². The second-order valence-corrected chi connectivity index (χ2v) is 4.59. The standard InChI is InChI=1S/C13H15ClN4.ClH/c1-18(2)13-16-11(8-15)7-12(17-13)9-3-5-10(14)6-4-9;/h3-7H,8,15H2,1-2H3;1H. The van der Waals surface area contributed by atoms with Gasteiger partial charge in [0, 0.05) is 31.2 Å². The molecule has 0 unspecified atom stereocenters. The van der Waals surface area contributed by atoms with Gasteiger partial charge in [-0.1, -0.05) is 23.7 Å². The smallest absolute Gasteiger partial charge is 0.225 e. The van der Waals surface area contributed by atoms with Gasteiger partial charge < -0.3 is 10.6 Å². The quantitative estimate of drug-likeness (QED) is 0.947. The van der Waals surface area contributed by atoms with Crippen LogP contribution in [0.4, 0.5) is 5.95 Å². The zero-order chi connectivity index (χ0) is 13.1. The summed E-state index contributed by atoms with van der Waals surface area (Å²) in [5, 5.41) is 0.708. The maximum atomic E-state index is 5.88. The second-order valence-electron chi connectivity index (χ2n) is 4.15. The first-order chi connectivity index (χ1) is 8.60. The van der Waals surface area contributed by atoms with Crippen molar-refractivity contribution in [3.8, 4) is 11.3 Å². The number of aromatic nitrogens is 2. The van der Waals surface area contributed by atoms with Crippen molar-refractivity contribution >= 4 is 30.0 Å². The number of benzene rings is 1. The van der Waals surface area contributed by atoms with Crippen molar-refractivity contribution in [1.29, 1.82) is 0 Å². The number of hydrogen-bond acceptors (Lipinski definition) is 4. The fourth-order valence-corrected chi connectivity index (χ4v) is 1.68. The molecule has 0 aliphatic heterocycles. The van der Waals surface area contributed by atoms with Crippen molar-refractivity contribution in [2.24, 2.45) is 5.73 Å². The van der Waals surface area contributed by atoms with E-state index < -0.39 is 0 Å². The van der Waals surface area contributed by atoms with Crippen LogP contribution in [0.5, 0.6) is 0 Å². The van der Waals surface area contributed by atoms with Gasteiger partial charge in [-0.2, -0.15) is 0 Å². The maximum absolute atomic E-state index is 5.88. The Morgan fingerprint density at radius 2 is 1.79 bits per heavy atom. The molecule has 0 saturated heterocycles. The average molecular weight is 299 g/mol. The Kier molecular flexibility index (Phi) is 5.54. The van der Waals surface area contributed by atoms with E-state index in [0.29, 0.717) is 17.5 Å². The van der Waals surface area contributed by atoms with Crippen molar-refractivity contribution in [3.63, 3.8) is 0 Å². The van der Waals surface area contributed by atoms with Crippen molar-refractivity contribution in [2.75, 3.05) is 19.0 Å². The lowest BCUT2D eigenvalue weighted by Gasteiger charge is -2.13. The van der Waals surface area contributed by atoms with Gasteiger partial charge in [-0.25, -0.2) is 9.97 Å². The SMILES string of the molecule is CN(C)c1nc(CN)cc(-c2ccc(Cl)cc2)n1.Cl. The van der Waals surface area contributed by atoms with Gasteiger partial charge in [-0.3, -0.25) is 0 Å². The van der Waals surface area contributed by atoms with Crippen LogP contribution in [0.25, 0.3) is 11.3 Å². The summed E-state index contributed by atoms with van der Waals surface area (Å²) in [6, 6.07) is 9.46. The minimum Gasteiger partial charge on any atom is -0.347 e. The molecule has 1 aromatic carbocycles. The lowest BCUT2D eigenvalue weighted by molar-refractivity contribution is 0.925. The Balaban J connectivity index is 0.00000180. The predicted octanol–water partition coefficient (Wildman–Crippen LogP) is 2.74. The largest absolute Gasteiger partial charge is 0.347 e. The highest BCUT2D eigenvalue weighted by atomic mass is 35.5. The molecule has 0 saturated carbocycles. The van der Waals surface area contributed by atoms with E-state index in [1.165, 1.54) is 0 Å². The summed E-state index contributed by atoms with van der Waals surface area (Å²) in [6.45, 7) is 0.393. The molecular weight excluding hydrogens is 283 g/mol. The van der Waals surface area contributed by atoms with Gasteiger partial charge in [0.25, 0.3) is 0 Å². The van der Waals surface area contributed by atoms with Gasteiger partial charge in [0.1, 0.15) is 0 Å². The lowest BCUT2D eigenvalue weighted by Crippen LogP contribution is -2.15. The first-order valence-corrected chi connectivity index (χ1v) is 5.99. The maximum Gasteiger partial charge on any atom is 0.225 e. The van der Waals surface area contributed by atoms with Gasteiger partial charge in [0.05, 0.1) is 11.4 Å². The van der Waals surface area contributed by atoms with Crippen molar-refractivity contribution in [1.82, 2.24) is 9.97 Å². The van der Waals surface area contributed by atoms with Crippen LogP contribution in [-0.2, 0) is 6.54 Å². The molecule has 2 rings (SSSR count). The molecule has 1 aromatic heterocycles. The summed E-state index contributed by atoms with van der Waals surface area (Å²) in [5.41, 5.74) is 8.33. The zero-order valence-electron chi connectivity index (χ0n) is 10.8. The normalized spacial score (nSPS) is 9.89. The van der Waals surface area contributed by atoms with Crippen LogP contribution in [0.15, 0.2) is 30.3 Å². The Morgan fingerprint density at radius 3 is 2.32 bits per heavy atom. The Morgan fingerprint density at radius 1 is 1.16 bits per heavy atom. The third-order valence-corrected chi connectivity index (χ3v) is 2.77. The molecule has 0 radical (unpaired) electrons. The van der Waals surface area contributed by atoms with Crippen LogP contribution in [0.3, 0.4) is 0 Å². The Hall–Kier alpha value is -1.36. The monoisotopic (exact) mass is 298 g/mol. The van der Waals surface area contributed by atoms with Crippen molar-refractivity contribution < 1.29 is 0 Å². The molecule has 0 bridgehead atoms. The summed E-state index contributed by atoms with van der Waals surface area (Å²) in [4.78, 5) is 10.7. The fourth-order valence-electron chi connectivity index (χ4n) is 1.56. The molecule has 0 fully saturated rings. The summed E-state index contributed by atoms with van der Waals surface area (Å²) < 4.78 is 0. The molecule has 0 aliphatic carbocycles. The Labute approximate surface area is 124 Å². The molecular formula is C13H16Cl2N4. The zero-order valence-corrected chi connectivity index (χ0v) is 12.4. The van der Waals surface area contributed by atoms with Crippen LogP contribution in [0.2, 0.25) is 5.02 Å². The number of halogens is 2. The third-order valence-electron chi connectivity index (χ3n) is 2.52. The molecule has 6 heteroatoms. The topological polar surface area (TPSA) is 55.0 Å². The van der Waals surface area contributed by atoms with Crippen LogP contribution in [0, 0.1) is 0 Å². The van der Waals surface area contributed by atoms with E-state index >= 15 is 0 Å². The first-order valence-electron chi connectivity index (χ1n) is 5.61. The van der Waals surface area contributed by atoms with E-state index in [1.54, 1.807) is 0 Å². The summed E-state index contributed by atoms with van der Waals surface area (Å²) in [5.74, 6) is 0.655. The minimum absolute atomic E-state index is 0. The summed E-state index contributed by atoms with van der Waals surface area (Å²) >= 11 is 5.88. The van der Waals surface area contributed by atoms with Crippen molar-refractivity contribution in [2.45, 2.75) is 6.54 Å². The molecule has 4 nitrogen and oxygen atoms in total. The van der Waals surface area contributed by atoms with E-state index in [9.17, 15) is 0 Å². The summed E-state index contributed by atoms with van der Waals surface area (Å²) in [6.07, 6.45) is 0. The van der Waals surface area contributed by atoms with Gasteiger partial charge in [-0.15, -0.1) is 12.4 Å². The molecule has 2 aromatic rings. The van der Waals surface area contributed by atoms with Crippen LogP contribution in [-0.4, -0.2) is 24.1 Å². The molecule has 0 aliphatic rings. The first kappa shape index (κ1) is 15.7.